The van der Waals surface area contributed by atoms with Crippen LogP contribution in [-0.4, -0.2) is 9.97 Å². The van der Waals surface area contributed by atoms with Crippen LogP contribution in [0.15, 0.2) is 16.6 Å². The van der Waals surface area contributed by atoms with Gasteiger partial charge >= 0.3 is 0 Å². The quantitative estimate of drug-likeness (QED) is 0.857. The number of hydrogen-bond acceptors (Lipinski definition) is 3. The lowest BCUT2D eigenvalue weighted by Crippen LogP contribution is -2.05. The fourth-order valence-corrected chi connectivity index (χ4v) is 2.37. The lowest BCUT2D eigenvalue weighted by atomic mass is 10.1. The van der Waals surface area contributed by atoms with E-state index in [1.807, 2.05) is 13.8 Å². The SMILES string of the molecule is CCc1c(C)nc(-c2ccc(F)c(F)c2Br)nc1N. The Morgan fingerprint density at radius 1 is 1.26 bits per heavy atom. The first-order chi connectivity index (χ1) is 8.95. The second kappa shape index (κ2) is 5.21. The van der Waals surface area contributed by atoms with Gasteiger partial charge in [-0.15, -0.1) is 0 Å². The van der Waals surface area contributed by atoms with Crippen molar-refractivity contribution in [3.05, 3.63) is 39.5 Å². The molecule has 0 unspecified atom stereocenters. The molecule has 1 aromatic heterocycles. The zero-order valence-corrected chi connectivity index (χ0v) is 12.1. The molecule has 6 heteroatoms. The largest absolute Gasteiger partial charge is 0.383 e. The van der Waals surface area contributed by atoms with Crippen molar-refractivity contribution >= 4 is 21.7 Å². The van der Waals surface area contributed by atoms with Crippen molar-refractivity contribution in [2.24, 2.45) is 0 Å². The molecule has 1 aromatic carbocycles. The number of rotatable bonds is 2. The molecule has 0 saturated heterocycles. The fraction of sp³-hybridized carbons (Fsp3) is 0.231. The van der Waals surface area contributed by atoms with E-state index in [-0.39, 0.29) is 10.3 Å². The third kappa shape index (κ3) is 2.45. The highest BCUT2D eigenvalue weighted by molar-refractivity contribution is 9.10. The van der Waals surface area contributed by atoms with E-state index in [1.165, 1.54) is 6.07 Å². The maximum atomic E-state index is 13.5. The zero-order valence-electron chi connectivity index (χ0n) is 10.5. The van der Waals surface area contributed by atoms with Crippen molar-refractivity contribution in [3.63, 3.8) is 0 Å². The van der Waals surface area contributed by atoms with Crippen molar-refractivity contribution in [1.29, 1.82) is 0 Å². The molecular weight excluding hydrogens is 316 g/mol. The summed E-state index contributed by atoms with van der Waals surface area (Å²) in [4.78, 5) is 8.45. The highest BCUT2D eigenvalue weighted by Crippen LogP contribution is 2.31. The molecule has 0 fully saturated rings. The van der Waals surface area contributed by atoms with E-state index in [0.717, 1.165) is 23.7 Å². The normalized spacial score (nSPS) is 10.8. The summed E-state index contributed by atoms with van der Waals surface area (Å²) in [5.41, 5.74) is 7.83. The summed E-state index contributed by atoms with van der Waals surface area (Å²) in [6.07, 6.45) is 0.719. The summed E-state index contributed by atoms with van der Waals surface area (Å²) in [7, 11) is 0. The maximum Gasteiger partial charge on any atom is 0.173 e. The first-order valence-electron chi connectivity index (χ1n) is 5.72. The Morgan fingerprint density at radius 2 is 1.95 bits per heavy atom. The number of aryl methyl sites for hydroxylation is 1. The molecule has 2 aromatic rings. The number of nitrogen functional groups attached to an aromatic ring is 1. The van der Waals surface area contributed by atoms with Gasteiger partial charge in [0.1, 0.15) is 5.82 Å². The molecule has 2 rings (SSSR count). The molecule has 100 valence electrons. The third-order valence-corrected chi connectivity index (χ3v) is 3.65. The number of halogens is 3. The smallest absolute Gasteiger partial charge is 0.173 e. The molecule has 1 heterocycles. The molecule has 0 radical (unpaired) electrons. The van der Waals surface area contributed by atoms with Gasteiger partial charge in [0.25, 0.3) is 0 Å². The summed E-state index contributed by atoms with van der Waals surface area (Å²) in [6.45, 7) is 3.77. The van der Waals surface area contributed by atoms with Crippen molar-refractivity contribution < 1.29 is 8.78 Å². The predicted molar refractivity (Wildman–Crippen MR) is 73.6 cm³/mol. The molecular formula is C13H12BrF2N3. The first kappa shape index (κ1) is 13.9. The van der Waals surface area contributed by atoms with E-state index < -0.39 is 11.6 Å². The van der Waals surface area contributed by atoms with Crippen molar-refractivity contribution in [1.82, 2.24) is 9.97 Å². The monoisotopic (exact) mass is 327 g/mol. The molecule has 2 N–H and O–H groups in total. The number of benzene rings is 1. The van der Waals surface area contributed by atoms with Gasteiger partial charge < -0.3 is 5.73 Å². The van der Waals surface area contributed by atoms with Crippen LogP contribution in [0.3, 0.4) is 0 Å². The molecule has 0 spiro atoms. The number of nitrogens with zero attached hydrogens (tertiary/aromatic N) is 2. The van der Waals surface area contributed by atoms with Crippen molar-refractivity contribution in [3.8, 4) is 11.4 Å². The minimum Gasteiger partial charge on any atom is -0.383 e. The van der Waals surface area contributed by atoms with E-state index in [4.69, 9.17) is 5.73 Å². The highest BCUT2D eigenvalue weighted by Gasteiger charge is 2.16. The minimum absolute atomic E-state index is 0.00412. The fourth-order valence-electron chi connectivity index (χ4n) is 1.87. The lowest BCUT2D eigenvalue weighted by molar-refractivity contribution is 0.504. The van der Waals surface area contributed by atoms with Gasteiger partial charge in [0, 0.05) is 16.8 Å². The Kier molecular flexibility index (Phi) is 3.80. The molecule has 0 aliphatic heterocycles. The van der Waals surface area contributed by atoms with Crippen LogP contribution in [0.25, 0.3) is 11.4 Å². The van der Waals surface area contributed by atoms with Crippen LogP contribution in [-0.2, 0) is 6.42 Å². The number of nitrogens with two attached hydrogens (primary N) is 1. The van der Waals surface area contributed by atoms with Crippen LogP contribution in [0.2, 0.25) is 0 Å². The van der Waals surface area contributed by atoms with Gasteiger partial charge in [0.2, 0.25) is 0 Å². The second-order valence-corrected chi connectivity index (χ2v) is 4.87. The Hall–Kier alpha value is -1.56. The number of aromatic nitrogens is 2. The number of hydrogen-bond donors (Lipinski definition) is 1. The number of anilines is 1. The van der Waals surface area contributed by atoms with E-state index in [9.17, 15) is 8.78 Å². The van der Waals surface area contributed by atoms with Crippen LogP contribution >= 0.6 is 15.9 Å². The topological polar surface area (TPSA) is 51.8 Å². The molecule has 3 nitrogen and oxygen atoms in total. The van der Waals surface area contributed by atoms with Crippen LogP contribution in [0.5, 0.6) is 0 Å². The van der Waals surface area contributed by atoms with Crippen LogP contribution in [0.1, 0.15) is 18.2 Å². The Labute approximate surface area is 118 Å². The second-order valence-electron chi connectivity index (χ2n) is 4.07. The van der Waals surface area contributed by atoms with Gasteiger partial charge in [-0.2, -0.15) is 0 Å². The Morgan fingerprint density at radius 3 is 2.53 bits per heavy atom. The molecule has 0 amide bonds. The van der Waals surface area contributed by atoms with Gasteiger partial charge in [-0.3, -0.25) is 0 Å². The summed E-state index contributed by atoms with van der Waals surface area (Å²) >= 11 is 3.02. The third-order valence-electron chi connectivity index (χ3n) is 2.88. The van der Waals surface area contributed by atoms with Crippen molar-refractivity contribution in [2.75, 3.05) is 5.73 Å². The van der Waals surface area contributed by atoms with Crippen molar-refractivity contribution in [2.45, 2.75) is 20.3 Å². The summed E-state index contributed by atoms with van der Waals surface area (Å²) < 4.78 is 26.6. The zero-order chi connectivity index (χ0) is 14.2. The van der Waals surface area contributed by atoms with E-state index in [2.05, 4.69) is 25.9 Å². The van der Waals surface area contributed by atoms with E-state index >= 15 is 0 Å². The molecule has 0 aliphatic carbocycles. The first-order valence-corrected chi connectivity index (χ1v) is 6.51. The van der Waals surface area contributed by atoms with E-state index in [0.29, 0.717) is 11.4 Å². The Balaban J connectivity index is 2.64. The Bertz CT molecular complexity index is 621. The summed E-state index contributed by atoms with van der Waals surface area (Å²) in [5, 5.41) is 0. The molecule has 0 aliphatic rings. The van der Waals surface area contributed by atoms with Gasteiger partial charge in [-0.05, 0) is 41.4 Å². The van der Waals surface area contributed by atoms with Crippen LogP contribution in [0.4, 0.5) is 14.6 Å². The van der Waals surface area contributed by atoms with Gasteiger partial charge in [-0.1, -0.05) is 6.92 Å². The highest BCUT2D eigenvalue weighted by atomic mass is 79.9. The van der Waals surface area contributed by atoms with Crippen LogP contribution in [0, 0.1) is 18.6 Å². The summed E-state index contributed by atoms with van der Waals surface area (Å²) in [5.74, 6) is -1.25. The average Bonchev–Trinajstić information content (AvgIpc) is 2.35. The lowest BCUT2D eigenvalue weighted by Gasteiger charge is -2.10. The summed E-state index contributed by atoms with van der Waals surface area (Å²) in [6, 6.07) is 2.46. The van der Waals surface area contributed by atoms with Gasteiger partial charge in [-0.25, -0.2) is 18.7 Å². The molecule has 0 saturated carbocycles. The van der Waals surface area contributed by atoms with Gasteiger partial charge in [0.05, 0.1) is 4.47 Å². The molecule has 0 atom stereocenters. The van der Waals surface area contributed by atoms with E-state index in [1.54, 1.807) is 0 Å². The predicted octanol–water partition coefficient (Wildman–Crippen LogP) is 3.64. The average molecular weight is 328 g/mol. The van der Waals surface area contributed by atoms with Crippen LogP contribution < -0.4 is 5.73 Å². The molecule has 0 bridgehead atoms. The maximum absolute atomic E-state index is 13.5. The minimum atomic E-state index is -0.961. The standard InChI is InChI=1S/C13H12BrF2N3/c1-3-7-6(2)18-13(19-12(7)17)8-4-5-9(15)11(16)10(8)14/h4-5H,3H2,1-2H3,(H2,17,18,19). The molecule has 19 heavy (non-hydrogen) atoms. The van der Waals surface area contributed by atoms with Gasteiger partial charge in [0.15, 0.2) is 17.5 Å².